The summed E-state index contributed by atoms with van der Waals surface area (Å²) in [6.45, 7) is 3.00. The van der Waals surface area contributed by atoms with Gasteiger partial charge in [-0.25, -0.2) is 0 Å². The Kier molecular flexibility index (Phi) is 1.93. The second kappa shape index (κ2) is 3.09. The highest BCUT2D eigenvalue weighted by atomic mass is 15.3. The summed E-state index contributed by atoms with van der Waals surface area (Å²) in [6, 6.07) is 4.07. The lowest BCUT2D eigenvalue weighted by atomic mass is 10.2. The molecular formula is C10H13N3. The molecule has 0 unspecified atom stereocenters. The average Bonchev–Trinajstić information content (AvgIpc) is 2.71. The molecule has 0 N–H and O–H groups in total. The number of rotatable bonds is 2. The molecule has 2 aromatic heterocycles. The van der Waals surface area contributed by atoms with Crippen molar-refractivity contribution < 1.29 is 0 Å². The predicted octanol–water partition coefficient (Wildman–Crippen LogP) is 1.58. The zero-order valence-corrected chi connectivity index (χ0v) is 7.94. The SMILES string of the molecule is Cc1c(Cn2cccc2)cnn1C. The number of aryl methyl sites for hydroxylation is 1. The zero-order chi connectivity index (χ0) is 9.26. The van der Waals surface area contributed by atoms with Crippen LogP contribution in [0.25, 0.3) is 0 Å². The molecule has 0 aromatic carbocycles. The summed E-state index contributed by atoms with van der Waals surface area (Å²) in [4.78, 5) is 0. The molecular weight excluding hydrogens is 162 g/mol. The van der Waals surface area contributed by atoms with Crippen LogP contribution < -0.4 is 0 Å². The summed E-state index contributed by atoms with van der Waals surface area (Å²) in [6.07, 6.45) is 6.05. The molecule has 0 radical (unpaired) electrons. The highest BCUT2D eigenvalue weighted by Gasteiger charge is 2.02. The van der Waals surface area contributed by atoms with Gasteiger partial charge < -0.3 is 4.57 Å². The molecule has 0 amide bonds. The molecule has 0 saturated heterocycles. The number of hydrogen-bond donors (Lipinski definition) is 0. The van der Waals surface area contributed by atoms with Gasteiger partial charge in [0.05, 0.1) is 12.7 Å². The first-order chi connectivity index (χ1) is 6.27. The lowest BCUT2D eigenvalue weighted by Crippen LogP contribution is -1.98. The van der Waals surface area contributed by atoms with Crippen LogP contribution in [0.15, 0.2) is 30.7 Å². The third-order valence-electron chi connectivity index (χ3n) is 2.36. The first-order valence-electron chi connectivity index (χ1n) is 4.35. The summed E-state index contributed by atoms with van der Waals surface area (Å²) in [5, 5.41) is 4.20. The van der Waals surface area contributed by atoms with Gasteiger partial charge in [-0.3, -0.25) is 4.68 Å². The van der Waals surface area contributed by atoms with E-state index in [1.165, 1.54) is 11.3 Å². The Morgan fingerprint density at radius 3 is 2.54 bits per heavy atom. The van der Waals surface area contributed by atoms with Crippen molar-refractivity contribution in [2.75, 3.05) is 0 Å². The topological polar surface area (TPSA) is 22.8 Å². The smallest absolute Gasteiger partial charge is 0.0542 e. The van der Waals surface area contributed by atoms with Gasteiger partial charge in [-0.05, 0) is 19.1 Å². The summed E-state index contributed by atoms with van der Waals surface area (Å²) in [5.41, 5.74) is 2.51. The van der Waals surface area contributed by atoms with Gasteiger partial charge in [-0.1, -0.05) is 0 Å². The number of nitrogens with zero attached hydrogens (tertiary/aromatic N) is 3. The Morgan fingerprint density at radius 1 is 1.31 bits per heavy atom. The lowest BCUT2D eigenvalue weighted by molar-refractivity contribution is 0.732. The molecule has 0 bridgehead atoms. The quantitative estimate of drug-likeness (QED) is 0.679. The van der Waals surface area contributed by atoms with Crippen LogP contribution in [-0.4, -0.2) is 14.3 Å². The highest BCUT2D eigenvalue weighted by molar-refractivity contribution is 5.16. The van der Waals surface area contributed by atoms with Gasteiger partial charge in [0, 0.05) is 30.7 Å². The van der Waals surface area contributed by atoms with Gasteiger partial charge in [0.2, 0.25) is 0 Å². The summed E-state index contributed by atoms with van der Waals surface area (Å²) >= 11 is 0. The molecule has 0 fully saturated rings. The Morgan fingerprint density at radius 2 is 2.00 bits per heavy atom. The van der Waals surface area contributed by atoms with Crippen molar-refractivity contribution in [3.05, 3.63) is 42.0 Å². The van der Waals surface area contributed by atoms with Crippen LogP contribution in [0.3, 0.4) is 0 Å². The minimum absolute atomic E-state index is 0.909. The van der Waals surface area contributed by atoms with Gasteiger partial charge in [0.15, 0.2) is 0 Å². The van der Waals surface area contributed by atoms with E-state index >= 15 is 0 Å². The number of aromatic nitrogens is 3. The minimum atomic E-state index is 0.909. The molecule has 3 heteroatoms. The molecule has 68 valence electrons. The third kappa shape index (κ3) is 1.49. The first kappa shape index (κ1) is 8.10. The summed E-state index contributed by atoms with van der Waals surface area (Å²) in [7, 11) is 1.97. The maximum Gasteiger partial charge on any atom is 0.0542 e. The fourth-order valence-corrected chi connectivity index (χ4v) is 1.37. The maximum atomic E-state index is 4.20. The number of hydrogen-bond acceptors (Lipinski definition) is 1. The van der Waals surface area contributed by atoms with Gasteiger partial charge in [0.25, 0.3) is 0 Å². The normalized spacial score (nSPS) is 10.6. The van der Waals surface area contributed by atoms with E-state index in [0.717, 1.165) is 6.54 Å². The van der Waals surface area contributed by atoms with Crippen molar-refractivity contribution in [1.29, 1.82) is 0 Å². The van der Waals surface area contributed by atoms with Crippen LogP contribution in [0, 0.1) is 6.92 Å². The second-order valence-corrected chi connectivity index (χ2v) is 3.23. The molecule has 0 aliphatic heterocycles. The highest BCUT2D eigenvalue weighted by Crippen LogP contribution is 2.07. The van der Waals surface area contributed by atoms with E-state index in [1.54, 1.807) is 0 Å². The van der Waals surface area contributed by atoms with Crippen molar-refractivity contribution in [3.63, 3.8) is 0 Å². The van der Waals surface area contributed by atoms with Gasteiger partial charge >= 0.3 is 0 Å². The van der Waals surface area contributed by atoms with Crippen LogP contribution in [0.1, 0.15) is 11.3 Å². The van der Waals surface area contributed by atoms with E-state index in [4.69, 9.17) is 0 Å². The Balaban J connectivity index is 2.24. The Labute approximate surface area is 77.6 Å². The van der Waals surface area contributed by atoms with E-state index < -0.39 is 0 Å². The second-order valence-electron chi connectivity index (χ2n) is 3.23. The molecule has 3 nitrogen and oxygen atoms in total. The van der Waals surface area contributed by atoms with E-state index in [-0.39, 0.29) is 0 Å². The van der Waals surface area contributed by atoms with E-state index in [9.17, 15) is 0 Å². The Bertz CT molecular complexity index is 384. The van der Waals surface area contributed by atoms with Crippen LogP contribution >= 0.6 is 0 Å². The molecule has 0 aliphatic rings. The molecule has 2 rings (SSSR count). The Hall–Kier alpha value is -1.51. The van der Waals surface area contributed by atoms with Crippen LogP contribution in [0.2, 0.25) is 0 Å². The molecule has 2 heterocycles. The fourth-order valence-electron chi connectivity index (χ4n) is 1.37. The van der Waals surface area contributed by atoms with Crippen molar-refractivity contribution >= 4 is 0 Å². The van der Waals surface area contributed by atoms with Gasteiger partial charge in [0.1, 0.15) is 0 Å². The van der Waals surface area contributed by atoms with E-state index in [2.05, 4.69) is 29.0 Å². The maximum absolute atomic E-state index is 4.20. The summed E-state index contributed by atoms with van der Waals surface area (Å²) < 4.78 is 4.04. The summed E-state index contributed by atoms with van der Waals surface area (Å²) in [5.74, 6) is 0. The van der Waals surface area contributed by atoms with Crippen LogP contribution in [-0.2, 0) is 13.6 Å². The zero-order valence-electron chi connectivity index (χ0n) is 7.94. The largest absolute Gasteiger partial charge is 0.350 e. The van der Waals surface area contributed by atoms with Gasteiger partial charge in [-0.2, -0.15) is 5.10 Å². The van der Waals surface area contributed by atoms with Crippen LogP contribution in [0.5, 0.6) is 0 Å². The predicted molar refractivity (Wildman–Crippen MR) is 51.5 cm³/mol. The van der Waals surface area contributed by atoms with Crippen molar-refractivity contribution in [1.82, 2.24) is 14.3 Å². The molecule has 0 atom stereocenters. The van der Waals surface area contributed by atoms with Crippen molar-refractivity contribution in [2.45, 2.75) is 13.5 Å². The lowest BCUT2D eigenvalue weighted by Gasteiger charge is -2.01. The van der Waals surface area contributed by atoms with Gasteiger partial charge in [-0.15, -0.1) is 0 Å². The van der Waals surface area contributed by atoms with Crippen molar-refractivity contribution in [3.8, 4) is 0 Å². The average molecular weight is 175 g/mol. The molecule has 0 spiro atoms. The molecule has 0 saturated carbocycles. The monoisotopic (exact) mass is 175 g/mol. The third-order valence-corrected chi connectivity index (χ3v) is 2.36. The molecule has 13 heavy (non-hydrogen) atoms. The standard InChI is InChI=1S/C10H13N3/c1-9-10(7-11-12(9)2)8-13-5-3-4-6-13/h3-7H,8H2,1-2H3. The molecule has 2 aromatic rings. The van der Waals surface area contributed by atoms with E-state index in [0.29, 0.717) is 0 Å². The van der Waals surface area contributed by atoms with E-state index in [1.807, 2.05) is 30.1 Å². The van der Waals surface area contributed by atoms with Crippen molar-refractivity contribution in [2.24, 2.45) is 7.05 Å². The van der Waals surface area contributed by atoms with Crippen LogP contribution in [0.4, 0.5) is 0 Å². The minimum Gasteiger partial charge on any atom is -0.350 e. The first-order valence-corrected chi connectivity index (χ1v) is 4.35. The fraction of sp³-hybridized carbons (Fsp3) is 0.300. The molecule has 0 aliphatic carbocycles.